The number of anilines is 2. The van der Waals surface area contributed by atoms with Gasteiger partial charge >= 0.3 is 0 Å². The lowest BCUT2D eigenvalue weighted by atomic mass is 10.1. The van der Waals surface area contributed by atoms with Gasteiger partial charge in [-0.05, 0) is 56.0 Å². The summed E-state index contributed by atoms with van der Waals surface area (Å²) in [5, 5.41) is 2.85. The van der Waals surface area contributed by atoms with Crippen LogP contribution in [0.25, 0.3) is 0 Å². The molecule has 1 heterocycles. The van der Waals surface area contributed by atoms with Crippen molar-refractivity contribution in [2.45, 2.75) is 38.0 Å². The van der Waals surface area contributed by atoms with Crippen LogP contribution in [0.1, 0.15) is 42.1 Å². The molecule has 2 aromatic carbocycles. The van der Waals surface area contributed by atoms with Crippen LogP contribution >= 0.6 is 24.0 Å². The van der Waals surface area contributed by atoms with E-state index in [1.165, 1.54) is 19.3 Å². The highest BCUT2D eigenvalue weighted by Gasteiger charge is 2.20. The monoisotopic (exact) mass is 399 g/mol. The summed E-state index contributed by atoms with van der Waals surface area (Å²) in [6.45, 7) is 3.31. The van der Waals surface area contributed by atoms with Gasteiger partial charge in [0.25, 0.3) is 5.91 Å². The fourth-order valence-electron chi connectivity index (χ4n) is 3.16. The maximum atomic E-state index is 12.4. The van der Waals surface area contributed by atoms with Crippen LogP contribution in [0.2, 0.25) is 0 Å². The van der Waals surface area contributed by atoms with Crippen molar-refractivity contribution in [3.05, 3.63) is 59.7 Å². The van der Waals surface area contributed by atoms with Gasteiger partial charge in [-0.1, -0.05) is 48.2 Å². The van der Waals surface area contributed by atoms with Crippen LogP contribution in [-0.2, 0) is 5.75 Å². The number of carbonyl (C=O) groups is 1. The third-order valence-corrected chi connectivity index (χ3v) is 6.37. The predicted octanol–water partition coefficient (Wildman–Crippen LogP) is 4.91. The van der Waals surface area contributed by atoms with Crippen LogP contribution in [0.4, 0.5) is 11.4 Å². The number of rotatable bonds is 4. The summed E-state index contributed by atoms with van der Waals surface area (Å²) in [6.07, 6.45) is 3.74. The summed E-state index contributed by atoms with van der Waals surface area (Å²) in [5.41, 5.74) is 8.83. The Balaban J connectivity index is 1.54. The second-order valence-corrected chi connectivity index (χ2v) is 8.44. The van der Waals surface area contributed by atoms with Crippen LogP contribution in [0.15, 0.2) is 48.5 Å². The minimum atomic E-state index is -0.162. The maximum absolute atomic E-state index is 12.4. The molecule has 1 atom stereocenters. The largest absolute Gasteiger partial charge is 0.397 e. The summed E-state index contributed by atoms with van der Waals surface area (Å²) in [5.74, 6) is 0.653. The van der Waals surface area contributed by atoms with E-state index in [1.54, 1.807) is 23.9 Å². The lowest BCUT2D eigenvalue weighted by Gasteiger charge is -2.35. The Morgan fingerprint density at radius 1 is 1.22 bits per heavy atom. The molecule has 0 radical (unpaired) electrons. The van der Waals surface area contributed by atoms with Crippen LogP contribution in [0.3, 0.4) is 0 Å². The molecule has 1 fully saturated rings. The molecule has 3 N–H and O–H groups in total. The van der Waals surface area contributed by atoms with E-state index >= 15 is 0 Å². The van der Waals surface area contributed by atoms with Crippen molar-refractivity contribution in [2.24, 2.45) is 0 Å². The number of nitrogens with one attached hydrogen (secondary N) is 1. The highest BCUT2D eigenvalue weighted by Crippen LogP contribution is 2.24. The first-order chi connectivity index (χ1) is 13.0. The van der Waals surface area contributed by atoms with Gasteiger partial charge in [-0.3, -0.25) is 4.79 Å². The molecule has 2 aromatic rings. The van der Waals surface area contributed by atoms with Gasteiger partial charge in [-0.15, -0.1) is 0 Å². The highest BCUT2D eigenvalue weighted by atomic mass is 32.2. The number of likely N-dealkylation sites (tertiary alicyclic amines) is 1. The van der Waals surface area contributed by atoms with E-state index in [-0.39, 0.29) is 5.91 Å². The number of para-hydroxylation sites is 2. The molecule has 1 aliphatic rings. The van der Waals surface area contributed by atoms with Crippen molar-refractivity contribution in [3.8, 4) is 0 Å². The number of piperidine rings is 1. The predicted molar refractivity (Wildman–Crippen MR) is 119 cm³/mol. The molecule has 0 saturated carbocycles. The number of hydrogen-bond donors (Lipinski definition) is 2. The number of nitrogen functional groups attached to an aromatic ring is 1. The van der Waals surface area contributed by atoms with Gasteiger partial charge in [0.1, 0.15) is 4.32 Å². The molecule has 27 heavy (non-hydrogen) atoms. The molecular formula is C21H25N3OS2. The number of amides is 1. The third-order valence-electron chi connectivity index (χ3n) is 4.82. The Bertz CT molecular complexity index is 807. The van der Waals surface area contributed by atoms with E-state index in [4.69, 9.17) is 18.0 Å². The molecule has 4 nitrogen and oxygen atoms in total. The van der Waals surface area contributed by atoms with E-state index in [0.717, 1.165) is 22.2 Å². The fourth-order valence-corrected chi connectivity index (χ4v) is 4.52. The van der Waals surface area contributed by atoms with E-state index < -0.39 is 0 Å². The number of thiocarbonyl (C=S) groups is 1. The van der Waals surface area contributed by atoms with Crippen molar-refractivity contribution in [3.63, 3.8) is 0 Å². The summed E-state index contributed by atoms with van der Waals surface area (Å²) >= 11 is 7.31. The van der Waals surface area contributed by atoms with Crippen LogP contribution in [0, 0.1) is 0 Å². The van der Waals surface area contributed by atoms with Crippen molar-refractivity contribution in [1.29, 1.82) is 0 Å². The molecule has 6 heteroatoms. The molecule has 142 valence electrons. The summed E-state index contributed by atoms with van der Waals surface area (Å²) in [6, 6.07) is 15.4. The first kappa shape index (κ1) is 19.7. The van der Waals surface area contributed by atoms with Gasteiger partial charge in [-0.25, -0.2) is 0 Å². The average molecular weight is 400 g/mol. The number of nitrogens with zero attached hydrogens (tertiary/aromatic N) is 1. The van der Waals surface area contributed by atoms with Crippen LogP contribution in [0.5, 0.6) is 0 Å². The summed E-state index contributed by atoms with van der Waals surface area (Å²) < 4.78 is 0.976. The quantitative estimate of drug-likeness (QED) is 0.565. The topological polar surface area (TPSA) is 58.4 Å². The van der Waals surface area contributed by atoms with Crippen molar-refractivity contribution < 1.29 is 4.79 Å². The van der Waals surface area contributed by atoms with Crippen molar-refractivity contribution >= 4 is 45.6 Å². The molecule has 1 amide bonds. The zero-order valence-electron chi connectivity index (χ0n) is 15.5. The molecule has 1 aliphatic heterocycles. The van der Waals surface area contributed by atoms with E-state index in [1.807, 2.05) is 36.4 Å². The molecule has 0 aromatic heterocycles. The second-order valence-electron chi connectivity index (χ2n) is 6.83. The zero-order chi connectivity index (χ0) is 19.2. The number of nitrogens with two attached hydrogens (primary N) is 1. The minimum absolute atomic E-state index is 0.162. The number of carbonyl (C=O) groups excluding carboxylic acids is 1. The normalized spacial score (nSPS) is 16.8. The first-order valence-corrected chi connectivity index (χ1v) is 10.6. The molecule has 1 unspecified atom stereocenters. The first-order valence-electron chi connectivity index (χ1n) is 9.23. The van der Waals surface area contributed by atoms with Gasteiger partial charge in [-0.2, -0.15) is 0 Å². The molecule has 1 saturated heterocycles. The van der Waals surface area contributed by atoms with Crippen LogP contribution in [-0.4, -0.2) is 27.7 Å². The lowest BCUT2D eigenvalue weighted by molar-refractivity contribution is 0.102. The number of benzene rings is 2. The second kappa shape index (κ2) is 9.24. The minimum Gasteiger partial charge on any atom is -0.397 e. The van der Waals surface area contributed by atoms with Gasteiger partial charge in [0.15, 0.2) is 0 Å². The fraction of sp³-hybridized carbons (Fsp3) is 0.333. The van der Waals surface area contributed by atoms with Gasteiger partial charge in [0, 0.05) is 23.9 Å². The van der Waals surface area contributed by atoms with Gasteiger partial charge in [0.05, 0.1) is 11.4 Å². The smallest absolute Gasteiger partial charge is 0.255 e. The Kier molecular flexibility index (Phi) is 6.74. The van der Waals surface area contributed by atoms with Crippen LogP contribution < -0.4 is 11.1 Å². The SMILES string of the molecule is CC1CCCCN1C(=S)SCc1ccc(C(=O)Nc2ccccc2N)cc1. The van der Waals surface area contributed by atoms with E-state index in [0.29, 0.717) is 23.0 Å². The van der Waals surface area contributed by atoms with E-state index in [2.05, 4.69) is 17.1 Å². The van der Waals surface area contributed by atoms with Crippen molar-refractivity contribution in [2.75, 3.05) is 17.6 Å². The summed E-state index contributed by atoms with van der Waals surface area (Å²) in [7, 11) is 0. The van der Waals surface area contributed by atoms with Gasteiger partial charge in [0.2, 0.25) is 0 Å². The highest BCUT2D eigenvalue weighted by molar-refractivity contribution is 8.22. The molecular weight excluding hydrogens is 374 g/mol. The average Bonchev–Trinajstić information content (AvgIpc) is 2.68. The number of hydrogen-bond acceptors (Lipinski definition) is 4. The summed E-state index contributed by atoms with van der Waals surface area (Å²) in [4.78, 5) is 14.7. The maximum Gasteiger partial charge on any atom is 0.255 e. The molecule has 0 bridgehead atoms. The molecule has 0 spiro atoms. The standard InChI is InChI=1S/C21H25N3OS2/c1-15-6-4-5-13-24(15)21(26)27-14-16-9-11-17(12-10-16)20(25)23-19-8-3-2-7-18(19)22/h2-3,7-12,15H,4-6,13-14,22H2,1H3,(H,23,25). The number of thioether (sulfide) groups is 1. The van der Waals surface area contributed by atoms with Crippen molar-refractivity contribution in [1.82, 2.24) is 4.90 Å². The van der Waals surface area contributed by atoms with Gasteiger partial charge < -0.3 is 16.0 Å². The molecule has 0 aliphatic carbocycles. The Labute approximate surface area is 170 Å². The Morgan fingerprint density at radius 3 is 2.67 bits per heavy atom. The lowest BCUT2D eigenvalue weighted by Crippen LogP contribution is -2.39. The Morgan fingerprint density at radius 2 is 1.96 bits per heavy atom. The molecule has 3 rings (SSSR count). The third kappa shape index (κ3) is 5.23. The Hall–Kier alpha value is -2.05. The van der Waals surface area contributed by atoms with E-state index in [9.17, 15) is 4.79 Å². The zero-order valence-corrected chi connectivity index (χ0v) is 17.1.